The van der Waals surface area contributed by atoms with Crippen LogP contribution in [0.1, 0.15) is 55.2 Å². The lowest BCUT2D eigenvalue weighted by Gasteiger charge is -2.37. The van der Waals surface area contributed by atoms with Gasteiger partial charge in [-0.2, -0.15) is 0 Å². The lowest BCUT2D eigenvalue weighted by Crippen LogP contribution is -2.44. The Bertz CT molecular complexity index is 821. The molecule has 7 heteroatoms. The summed E-state index contributed by atoms with van der Waals surface area (Å²) in [6, 6.07) is 10.2. The van der Waals surface area contributed by atoms with Crippen LogP contribution in [0.25, 0.3) is 0 Å². The Morgan fingerprint density at radius 1 is 1.37 bits per heavy atom. The van der Waals surface area contributed by atoms with Crippen LogP contribution in [0.5, 0.6) is 0 Å². The molecule has 2 aromatic rings. The van der Waals surface area contributed by atoms with E-state index in [1.807, 2.05) is 36.9 Å². The highest BCUT2D eigenvalue weighted by Crippen LogP contribution is 2.31. The van der Waals surface area contributed by atoms with Gasteiger partial charge in [0.2, 0.25) is 0 Å². The third-order valence-corrected chi connectivity index (χ3v) is 5.06. The number of nitrogens with zero attached hydrogens (tertiary/aromatic N) is 3. The van der Waals surface area contributed by atoms with Crippen LogP contribution in [0.3, 0.4) is 0 Å². The molecule has 1 aromatic carbocycles. The van der Waals surface area contributed by atoms with Crippen molar-refractivity contribution in [1.29, 1.82) is 0 Å². The number of nitro benzene ring substituents is 1. The molecule has 1 N–H and O–H groups in total. The van der Waals surface area contributed by atoms with E-state index in [4.69, 9.17) is 0 Å². The third-order valence-electron chi connectivity index (χ3n) is 5.06. The van der Waals surface area contributed by atoms with Gasteiger partial charge in [-0.15, -0.1) is 0 Å². The number of hydrogen-bond donors (Lipinski definition) is 1. The molecule has 1 heterocycles. The molecule has 27 heavy (non-hydrogen) atoms. The van der Waals surface area contributed by atoms with Crippen LogP contribution in [-0.2, 0) is 0 Å². The fourth-order valence-corrected chi connectivity index (χ4v) is 3.31. The lowest BCUT2D eigenvalue weighted by atomic mass is 9.91. The molecule has 1 aliphatic rings. The van der Waals surface area contributed by atoms with E-state index in [2.05, 4.69) is 10.3 Å². The molecule has 1 fully saturated rings. The van der Waals surface area contributed by atoms with Gasteiger partial charge >= 0.3 is 0 Å². The maximum absolute atomic E-state index is 12.8. The number of nitro groups is 1. The highest BCUT2D eigenvalue weighted by Gasteiger charge is 2.29. The van der Waals surface area contributed by atoms with Crippen molar-refractivity contribution in [3.63, 3.8) is 0 Å². The predicted octanol–water partition coefficient (Wildman–Crippen LogP) is 4.18. The summed E-state index contributed by atoms with van der Waals surface area (Å²) in [5.41, 5.74) is 1.41. The molecule has 7 nitrogen and oxygen atoms in total. The smallest absolute Gasteiger partial charge is 0.293 e. The summed E-state index contributed by atoms with van der Waals surface area (Å²) in [5.74, 6) is -0.144. The zero-order chi connectivity index (χ0) is 19.4. The molecule has 0 saturated heterocycles. The Balaban J connectivity index is 1.84. The molecule has 1 atom stereocenters. The molecule has 1 aliphatic carbocycles. The number of benzene rings is 1. The van der Waals surface area contributed by atoms with E-state index < -0.39 is 4.92 Å². The number of carbonyl (C=O) groups is 1. The maximum atomic E-state index is 12.8. The highest BCUT2D eigenvalue weighted by atomic mass is 16.6. The van der Waals surface area contributed by atoms with Crippen molar-refractivity contribution in [1.82, 2.24) is 9.88 Å². The van der Waals surface area contributed by atoms with Crippen LogP contribution in [-0.4, -0.2) is 33.3 Å². The minimum absolute atomic E-state index is 0.103. The highest BCUT2D eigenvalue weighted by molar-refractivity contribution is 5.96. The Labute approximate surface area is 158 Å². The molecular formula is C20H24N4O3. The third kappa shape index (κ3) is 4.07. The number of amides is 1. The normalized spacial score (nSPS) is 14.9. The van der Waals surface area contributed by atoms with Crippen LogP contribution in [0, 0.1) is 10.1 Å². The van der Waals surface area contributed by atoms with Crippen molar-refractivity contribution < 1.29 is 9.72 Å². The first-order valence-electron chi connectivity index (χ1n) is 9.28. The standard InChI is InChI=1S/C20H24N4O3/c1-3-23(16-7-6-8-16)20(25)15-10-11-18(19(13-15)24(26)27)22-14(2)17-9-4-5-12-21-17/h4-5,9-14,16,22H,3,6-8H2,1-2H3/t14-/m1/s1. The molecule has 0 spiro atoms. The first kappa shape index (κ1) is 18.8. The van der Waals surface area contributed by atoms with Crippen molar-refractivity contribution in [2.75, 3.05) is 11.9 Å². The van der Waals surface area contributed by atoms with Crippen LogP contribution in [0.2, 0.25) is 0 Å². The zero-order valence-corrected chi connectivity index (χ0v) is 15.6. The van der Waals surface area contributed by atoms with Gasteiger partial charge in [0.05, 0.1) is 16.7 Å². The average molecular weight is 368 g/mol. The first-order chi connectivity index (χ1) is 13.0. The summed E-state index contributed by atoms with van der Waals surface area (Å²) in [6.07, 6.45) is 4.82. The van der Waals surface area contributed by atoms with Crippen molar-refractivity contribution >= 4 is 17.3 Å². The first-order valence-corrected chi connectivity index (χ1v) is 9.28. The molecule has 0 aliphatic heterocycles. The lowest BCUT2D eigenvalue weighted by molar-refractivity contribution is -0.384. The maximum Gasteiger partial charge on any atom is 0.293 e. The van der Waals surface area contributed by atoms with Crippen LogP contribution in [0.15, 0.2) is 42.6 Å². The molecule has 142 valence electrons. The summed E-state index contributed by atoms with van der Waals surface area (Å²) in [6.45, 7) is 4.43. The average Bonchev–Trinajstić information content (AvgIpc) is 2.64. The molecular weight excluding hydrogens is 344 g/mol. The predicted molar refractivity (Wildman–Crippen MR) is 104 cm³/mol. The van der Waals surface area contributed by atoms with E-state index in [9.17, 15) is 14.9 Å². The SMILES string of the molecule is CCN(C(=O)c1ccc(N[C@H](C)c2ccccn2)c([N+](=O)[O-])c1)C1CCC1. The molecule has 0 unspecified atom stereocenters. The minimum Gasteiger partial charge on any atom is -0.371 e. The second-order valence-electron chi connectivity index (χ2n) is 6.79. The topological polar surface area (TPSA) is 88.4 Å². The van der Waals surface area contributed by atoms with E-state index in [1.165, 1.54) is 6.07 Å². The number of rotatable bonds is 7. The van der Waals surface area contributed by atoms with E-state index in [0.717, 1.165) is 25.0 Å². The number of carbonyl (C=O) groups excluding carboxylic acids is 1. The number of pyridine rings is 1. The summed E-state index contributed by atoms with van der Waals surface area (Å²) in [5, 5.41) is 14.7. The summed E-state index contributed by atoms with van der Waals surface area (Å²) < 4.78 is 0. The zero-order valence-electron chi connectivity index (χ0n) is 15.6. The number of hydrogen-bond acceptors (Lipinski definition) is 5. The van der Waals surface area contributed by atoms with Crippen molar-refractivity contribution in [3.05, 3.63) is 64.0 Å². The van der Waals surface area contributed by atoms with E-state index in [1.54, 1.807) is 18.3 Å². The minimum atomic E-state index is -0.454. The van der Waals surface area contributed by atoms with Gasteiger partial charge in [-0.25, -0.2) is 0 Å². The fraction of sp³-hybridized carbons (Fsp3) is 0.400. The van der Waals surface area contributed by atoms with Gasteiger partial charge in [-0.3, -0.25) is 19.9 Å². The Kier molecular flexibility index (Phi) is 5.69. The van der Waals surface area contributed by atoms with Crippen molar-refractivity contribution in [2.45, 2.75) is 45.2 Å². The molecule has 3 rings (SSSR count). The van der Waals surface area contributed by atoms with Gasteiger partial charge in [-0.05, 0) is 57.4 Å². The monoisotopic (exact) mass is 368 g/mol. The van der Waals surface area contributed by atoms with Gasteiger partial charge < -0.3 is 10.2 Å². The van der Waals surface area contributed by atoms with E-state index in [-0.39, 0.29) is 23.7 Å². The summed E-state index contributed by atoms with van der Waals surface area (Å²) in [4.78, 5) is 30.0. The van der Waals surface area contributed by atoms with Crippen LogP contribution < -0.4 is 5.32 Å². The largest absolute Gasteiger partial charge is 0.371 e. The van der Waals surface area contributed by atoms with Gasteiger partial charge in [0, 0.05) is 30.4 Å². The van der Waals surface area contributed by atoms with Gasteiger partial charge in [0.25, 0.3) is 11.6 Å². The quantitative estimate of drug-likeness (QED) is 0.585. The molecule has 0 radical (unpaired) electrons. The van der Waals surface area contributed by atoms with Crippen molar-refractivity contribution in [3.8, 4) is 0 Å². The van der Waals surface area contributed by atoms with Gasteiger partial charge in [-0.1, -0.05) is 6.07 Å². The number of anilines is 1. The van der Waals surface area contributed by atoms with E-state index >= 15 is 0 Å². The summed E-state index contributed by atoms with van der Waals surface area (Å²) in [7, 11) is 0. The number of nitrogens with one attached hydrogen (secondary N) is 1. The fourth-order valence-electron chi connectivity index (χ4n) is 3.31. The van der Waals surface area contributed by atoms with E-state index in [0.29, 0.717) is 17.8 Å². The van der Waals surface area contributed by atoms with Crippen molar-refractivity contribution in [2.24, 2.45) is 0 Å². The number of aromatic nitrogens is 1. The van der Waals surface area contributed by atoms with Crippen LogP contribution >= 0.6 is 0 Å². The molecule has 1 saturated carbocycles. The Hall–Kier alpha value is -2.96. The molecule has 1 aromatic heterocycles. The second kappa shape index (κ2) is 8.16. The van der Waals surface area contributed by atoms with Gasteiger partial charge in [0.1, 0.15) is 5.69 Å². The Morgan fingerprint density at radius 3 is 2.70 bits per heavy atom. The Morgan fingerprint density at radius 2 is 2.15 bits per heavy atom. The summed E-state index contributed by atoms with van der Waals surface area (Å²) >= 11 is 0. The van der Waals surface area contributed by atoms with Crippen LogP contribution in [0.4, 0.5) is 11.4 Å². The molecule has 1 amide bonds. The van der Waals surface area contributed by atoms with Gasteiger partial charge in [0.15, 0.2) is 0 Å². The molecule has 0 bridgehead atoms. The second-order valence-corrected chi connectivity index (χ2v) is 6.79.